The molecule has 1 aromatic rings. The van der Waals surface area contributed by atoms with Crippen LogP contribution in [0.1, 0.15) is 16.8 Å². The van der Waals surface area contributed by atoms with Crippen LogP contribution >= 0.6 is 0 Å². The summed E-state index contributed by atoms with van der Waals surface area (Å²) >= 11 is 0. The molecule has 0 bridgehead atoms. The van der Waals surface area contributed by atoms with Crippen LogP contribution < -0.4 is 4.74 Å². The number of benzene rings is 1. The van der Waals surface area contributed by atoms with Crippen LogP contribution in [0.3, 0.4) is 0 Å². The van der Waals surface area contributed by atoms with Crippen molar-refractivity contribution >= 4 is 17.8 Å². The lowest BCUT2D eigenvalue weighted by Gasteiger charge is -2.28. The van der Waals surface area contributed by atoms with Gasteiger partial charge in [0.05, 0.1) is 25.3 Å². The number of morpholine rings is 1. The van der Waals surface area contributed by atoms with Crippen molar-refractivity contribution in [2.45, 2.75) is 12.5 Å². The van der Waals surface area contributed by atoms with Gasteiger partial charge in [0.2, 0.25) is 0 Å². The second-order valence-electron chi connectivity index (χ2n) is 6.67. The van der Waals surface area contributed by atoms with Crippen LogP contribution in [0.2, 0.25) is 0 Å². The maximum absolute atomic E-state index is 12.3. The summed E-state index contributed by atoms with van der Waals surface area (Å²) in [5, 5.41) is 15.6. The van der Waals surface area contributed by atoms with Crippen molar-refractivity contribution in [2.24, 2.45) is 0 Å². The molecule has 0 aromatic heterocycles. The number of para-hydroxylation sites is 1. The number of amides is 1. The molecule has 2 aliphatic heterocycles. The highest BCUT2D eigenvalue weighted by Crippen LogP contribution is 2.25. The van der Waals surface area contributed by atoms with Crippen LogP contribution in [0.25, 0.3) is 0 Å². The van der Waals surface area contributed by atoms with E-state index >= 15 is 0 Å². The molecule has 1 unspecified atom stereocenters. The first-order valence-corrected chi connectivity index (χ1v) is 9.32. The van der Waals surface area contributed by atoms with Crippen molar-refractivity contribution in [1.29, 1.82) is 0 Å². The zero-order valence-corrected chi connectivity index (χ0v) is 16.3. The van der Waals surface area contributed by atoms with Gasteiger partial charge in [-0.25, -0.2) is 9.59 Å². The van der Waals surface area contributed by atoms with Gasteiger partial charge >= 0.3 is 11.9 Å². The Hall–Kier alpha value is -2.91. The van der Waals surface area contributed by atoms with Crippen LogP contribution in [0.4, 0.5) is 0 Å². The smallest absolute Gasteiger partial charge is 0.328 e. The molecule has 9 nitrogen and oxygen atoms in total. The van der Waals surface area contributed by atoms with E-state index in [-0.39, 0.29) is 12.0 Å². The Labute approximate surface area is 169 Å². The van der Waals surface area contributed by atoms with Gasteiger partial charge in [0.15, 0.2) is 0 Å². The third-order valence-electron chi connectivity index (χ3n) is 4.47. The van der Waals surface area contributed by atoms with E-state index < -0.39 is 11.9 Å². The molecule has 29 heavy (non-hydrogen) atoms. The second-order valence-corrected chi connectivity index (χ2v) is 6.67. The van der Waals surface area contributed by atoms with Crippen LogP contribution in [-0.4, -0.2) is 90.4 Å². The van der Waals surface area contributed by atoms with Gasteiger partial charge in [0, 0.05) is 38.8 Å². The number of fused-ring (bicyclic) bond motifs is 1. The van der Waals surface area contributed by atoms with Crippen molar-refractivity contribution in [3.8, 4) is 5.75 Å². The average Bonchev–Trinajstić information content (AvgIpc) is 2.83. The predicted molar refractivity (Wildman–Crippen MR) is 104 cm³/mol. The lowest BCUT2D eigenvalue weighted by atomic mass is 10.2. The molecule has 1 atom stereocenters. The molecule has 2 heterocycles. The number of carbonyl (C=O) groups is 3. The Bertz CT molecular complexity index is 728. The molecule has 0 saturated carbocycles. The van der Waals surface area contributed by atoms with E-state index in [1.807, 2.05) is 31.3 Å². The second kappa shape index (κ2) is 11.2. The molecule has 158 valence electrons. The fourth-order valence-corrected chi connectivity index (χ4v) is 3.00. The molecule has 1 saturated heterocycles. The van der Waals surface area contributed by atoms with Crippen LogP contribution in [0, 0.1) is 0 Å². The van der Waals surface area contributed by atoms with E-state index in [0.29, 0.717) is 30.0 Å². The Morgan fingerprint density at radius 1 is 1.14 bits per heavy atom. The van der Waals surface area contributed by atoms with Gasteiger partial charge in [0.1, 0.15) is 11.9 Å². The van der Waals surface area contributed by atoms with E-state index in [9.17, 15) is 14.4 Å². The standard InChI is InChI=1S/C16H22N2O3.C4H4O4/c1-17-12-13(6-7-18-8-10-20-11-9-18)21-15-5-3-2-4-14(15)16(17)19;5-3(6)1-2-4(7)8/h2-5,13H,6-12H2,1H3;1-2H,(H,5,6)(H,7,8)/b;2-1+. The zero-order chi connectivity index (χ0) is 21.2. The fourth-order valence-electron chi connectivity index (χ4n) is 3.00. The number of likely N-dealkylation sites (N-methyl/N-ethyl adjacent to an activating group) is 1. The minimum absolute atomic E-state index is 0.0412. The number of nitrogens with zero attached hydrogens (tertiary/aromatic N) is 2. The highest BCUT2D eigenvalue weighted by Gasteiger charge is 2.26. The highest BCUT2D eigenvalue weighted by atomic mass is 16.5. The molecular formula is C20H26N2O7. The first-order chi connectivity index (χ1) is 13.9. The first-order valence-electron chi connectivity index (χ1n) is 9.32. The maximum Gasteiger partial charge on any atom is 0.328 e. The van der Waals surface area contributed by atoms with Gasteiger partial charge in [-0.05, 0) is 18.6 Å². The normalized spacial score (nSPS) is 19.6. The Kier molecular flexibility index (Phi) is 8.63. The SMILES string of the molecule is CN1CC(CCN2CCOCC2)Oc2ccccc2C1=O.O=C(O)/C=C/C(=O)O. The fraction of sp³-hybridized carbons (Fsp3) is 0.450. The van der Waals surface area contributed by atoms with Gasteiger partial charge in [0.25, 0.3) is 5.91 Å². The van der Waals surface area contributed by atoms with Crippen LogP contribution in [-0.2, 0) is 14.3 Å². The topological polar surface area (TPSA) is 117 Å². The number of carbonyl (C=O) groups excluding carboxylic acids is 1. The van der Waals surface area contributed by atoms with E-state index in [2.05, 4.69) is 4.90 Å². The summed E-state index contributed by atoms with van der Waals surface area (Å²) in [4.78, 5) is 35.6. The largest absolute Gasteiger partial charge is 0.488 e. The molecular weight excluding hydrogens is 380 g/mol. The van der Waals surface area contributed by atoms with E-state index in [0.717, 1.165) is 39.3 Å². The summed E-state index contributed by atoms with van der Waals surface area (Å²) in [7, 11) is 1.84. The number of rotatable bonds is 5. The molecule has 1 aromatic carbocycles. The van der Waals surface area contributed by atoms with Crippen molar-refractivity contribution in [3.05, 3.63) is 42.0 Å². The molecule has 2 N–H and O–H groups in total. The van der Waals surface area contributed by atoms with Crippen molar-refractivity contribution in [2.75, 3.05) is 46.4 Å². The van der Waals surface area contributed by atoms with E-state index in [1.165, 1.54) is 0 Å². The van der Waals surface area contributed by atoms with Gasteiger partial charge in [-0.15, -0.1) is 0 Å². The molecule has 0 radical (unpaired) electrons. The summed E-state index contributed by atoms with van der Waals surface area (Å²) in [6, 6.07) is 7.51. The number of carboxylic acids is 2. The van der Waals surface area contributed by atoms with Crippen LogP contribution in [0.15, 0.2) is 36.4 Å². The van der Waals surface area contributed by atoms with Crippen molar-refractivity contribution < 1.29 is 34.1 Å². The zero-order valence-electron chi connectivity index (χ0n) is 16.3. The van der Waals surface area contributed by atoms with Gasteiger partial charge in [-0.3, -0.25) is 9.69 Å². The Morgan fingerprint density at radius 2 is 1.76 bits per heavy atom. The minimum atomic E-state index is -1.26. The van der Waals surface area contributed by atoms with Gasteiger partial charge in [-0.1, -0.05) is 12.1 Å². The number of aliphatic carboxylic acids is 2. The number of hydrogen-bond acceptors (Lipinski definition) is 6. The highest BCUT2D eigenvalue weighted by molar-refractivity contribution is 5.97. The summed E-state index contributed by atoms with van der Waals surface area (Å²) in [5.41, 5.74) is 0.661. The number of carboxylic acid groups (broad SMARTS) is 2. The Morgan fingerprint density at radius 3 is 2.38 bits per heavy atom. The third-order valence-corrected chi connectivity index (χ3v) is 4.47. The number of ether oxygens (including phenoxy) is 2. The summed E-state index contributed by atoms with van der Waals surface area (Å²) < 4.78 is 11.4. The first kappa shape index (κ1) is 22.4. The molecule has 0 aliphatic carbocycles. The summed E-state index contributed by atoms with van der Waals surface area (Å²) in [6.45, 7) is 5.21. The molecule has 1 amide bonds. The van der Waals surface area contributed by atoms with Crippen molar-refractivity contribution in [1.82, 2.24) is 9.80 Å². The lowest BCUT2D eigenvalue weighted by molar-refractivity contribution is -0.134. The summed E-state index contributed by atoms with van der Waals surface area (Å²) in [6.07, 6.45) is 2.09. The molecule has 9 heteroatoms. The quantitative estimate of drug-likeness (QED) is 0.695. The Balaban J connectivity index is 0.000000321. The minimum Gasteiger partial charge on any atom is -0.488 e. The molecule has 1 fully saturated rings. The molecule has 2 aliphatic rings. The lowest BCUT2D eigenvalue weighted by Crippen LogP contribution is -2.40. The van der Waals surface area contributed by atoms with Gasteiger partial charge in [-0.2, -0.15) is 0 Å². The van der Waals surface area contributed by atoms with Gasteiger partial charge < -0.3 is 24.6 Å². The predicted octanol–water partition coefficient (Wildman–Crippen LogP) is 0.954. The maximum atomic E-state index is 12.3. The molecule has 3 rings (SSSR count). The van der Waals surface area contributed by atoms with Crippen LogP contribution in [0.5, 0.6) is 5.75 Å². The average molecular weight is 406 g/mol. The van der Waals surface area contributed by atoms with E-state index in [4.69, 9.17) is 19.7 Å². The van der Waals surface area contributed by atoms with Crippen molar-refractivity contribution in [3.63, 3.8) is 0 Å². The monoisotopic (exact) mass is 406 g/mol. The molecule has 0 spiro atoms. The number of hydrogen-bond donors (Lipinski definition) is 2. The summed E-state index contributed by atoms with van der Waals surface area (Å²) in [5.74, 6) is -1.77. The van der Waals surface area contributed by atoms with E-state index in [1.54, 1.807) is 4.90 Å². The third kappa shape index (κ3) is 7.55.